The average Bonchev–Trinajstić information content (AvgIpc) is 4.12. The van der Waals surface area contributed by atoms with Gasteiger partial charge < -0.3 is 4.90 Å². The standard InChI is InChI=1S/C65H49N/c1-42-14-13-17-48(38-42)64-63-40-47-27-26-46(39-61(47)58-24-11-12-25-60(58)65(63)64)45-30-34-50(35-31-45)66(49-32-28-44(29-33-49)43-15-3-2-4-16-43)51-36-37-59-56-22-8-7-20-54(56)52-18-5-6-19-53(52)55-21-9-10-23-57(55)62(59)41-51/h2-38,41,61,63-65H,39-40H2,1H3. The number of allylic oxidation sites excluding steroid dienone is 4. The van der Waals surface area contributed by atoms with Crippen LogP contribution >= 0.6 is 0 Å². The van der Waals surface area contributed by atoms with Gasteiger partial charge in [0.2, 0.25) is 0 Å². The summed E-state index contributed by atoms with van der Waals surface area (Å²) >= 11 is 0. The second kappa shape index (κ2) is 15.8. The maximum atomic E-state index is 2.48. The zero-order chi connectivity index (χ0) is 43.7. The molecule has 0 heterocycles. The van der Waals surface area contributed by atoms with Crippen molar-refractivity contribution in [3.05, 3.63) is 264 Å². The Kier molecular flexibility index (Phi) is 9.24. The number of hydrogen-bond acceptors (Lipinski definition) is 1. The van der Waals surface area contributed by atoms with Gasteiger partial charge in [-0.25, -0.2) is 0 Å². The van der Waals surface area contributed by atoms with E-state index in [1.54, 1.807) is 11.1 Å². The van der Waals surface area contributed by atoms with E-state index in [2.05, 4.69) is 242 Å². The van der Waals surface area contributed by atoms with Crippen molar-refractivity contribution in [1.82, 2.24) is 0 Å². The molecule has 9 aromatic carbocycles. The molecule has 4 aliphatic rings. The van der Waals surface area contributed by atoms with Crippen LogP contribution in [0.5, 0.6) is 0 Å². The van der Waals surface area contributed by atoms with Crippen LogP contribution in [-0.2, 0) is 0 Å². The second-order valence-corrected chi connectivity index (χ2v) is 18.8. The van der Waals surface area contributed by atoms with E-state index < -0.39 is 0 Å². The molecule has 1 heteroatoms. The highest BCUT2D eigenvalue weighted by Crippen LogP contribution is 2.67. The van der Waals surface area contributed by atoms with Crippen molar-refractivity contribution in [2.24, 2.45) is 5.92 Å². The van der Waals surface area contributed by atoms with Crippen LogP contribution in [-0.4, -0.2) is 0 Å². The summed E-state index contributed by atoms with van der Waals surface area (Å²) < 4.78 is 0. The first-order chi connectivity index (χ1) is 32.6. The Morgan fingerprint density at radius 3 is 1.50 bits per heavy atom. The van der Waals surface area contributed by atoms with Crippen LogP contribution < -0.4 is 4.90 Å². The third-order valence-corrected chi connectivity index (χ3v) is 15.1. The van der Waals surface area contributed by atoms with E-state index in [1.165, 1.54) is 89.9 Å². The Labute approximate surface area is 388 Å². The molecule has 0 radical (unpaired) electrons. The molecule has 1 saturated carbocycles. The van der Waals surface area contributed by atoms with Gasteiger partial charge in [-0.15, -0.1) is 0 Å². The first-order valence-electron chi connectivity index (χ1n) is 23.7. The van der Waals surface area contributed by atoms with Crippen LogP contribution in [0.15, 0.2) is 236 Å². The summed E-state index contributed by atoms with van der Waals surface area (Å²) in [5, 5.41) is 0. The number of aryl methyl sites for hydroxylation is 1. The molecule has 4 atom stereocenters. The van der Waals surface area contributed by atoms with Crippen LogP contribution in [0, 0.1) is 12.8 Å². The Balaban J connectivity index is 0.894. The van der Waals surface area contributed by atoms with E-state index in [1.807, 2.05) is 0 Å². The Bertz CT molecular complexity index is 3380. The summed E-state index contributed by atoms with van der Waals surface area (Å²) in [6.45, 7) is 2.23. The van der Waals surface area contributed by atoms with E-state index in [4.69, 9.17) is 0 Å². The zero-order valence-electron chi connectivity index (χ0n) is 37.1. The molecular weight excluding hydrogens is 795 g/mol. The number of benzene rings is 9. The minimum atomic E-state index is 0.412. The molecule has 0 amide bonds. The zero-order valence-corrected chi connectivity index (χ0v) is 37.1. The molecule has 4 unspecified atom stereocenters. The highest BCUT2D eigenvalue weighted by molar-refractivity contribution is 6.04. The van der Waals surface area contributed by atoms with Crippen LogP contribution in [0.1, 0.15) is 58.4 Å². The SMILES string of the molecule is Cc1cccc(C2C3CC4=CC=C(c5ccc(N(c6ccc(-c7ccccc7)cc6)c6ccc7c(c6)-c6ccccc6-c6ccccc6-c6ccccc6-7)cc5)CC4c4ccccc4C32)c1. The fourth-order valence-electron chi connectivity index (χ4n) is 12.0. The number of rotatable bonds is 6. The summed E-state index contributed by atoms with van der Waals surface area (Å²) in [5.74, 6) is 2.29. The second-order valence-electron chi connectivity index (χ2n) is 18.8. The van der Waals surface area contributed by atoms with Gasteiger partial charge in [0.1, 0.15) is 0 Å². The Morgan fingerprint density at radius 2 is 0.879 bits per heavy atom. The maximum Gasteiger partial charge on any atom is 0.0468 e. The molecular formula is C65H49N. The van der Waals surface area contributed by atoms with E-state index in [-0.39, 0.29) is 0 Å². The normalized spacial score (nSPS) is 18.4. The van der Waals surface area contributed by atoms with Crippen LogP contribution in [0.3, 0.4) is 0 Å². The van der Waals surface area contributed by atoms with Gasteiger partial charge in [0.15, 0.2) is 0 Å². The maximum absolute atomic E-state index is 2.48. The minimum Gasteiger partial charge on any atom is -0.310 e. The van der Waals surface area contributed by atoms with E-state index >= 15 is 0 Å². The Morgan fingerprint density at radius 1 is 0.364 bits per heavy atom. The van der Waals surface area contributed by atoms with E-state index in [0.29, 0.717) is 23.7 Å². The van der Waals surface area contributed by atoms with E-state index in [0.717, 1.165) is 23.5 Å². The lowest BCUT2D eigenvalue weighted by Crippen LogP contribution is -2.11. The third-order valence-electron chi connectivity index (χ3n) is 15.1. The lowest BCUT2D eigenvalue weighted by Gasteiger charge is -2.29. The third kappa shape index (κ3) is 6.53. The van der Waals surface area contributed by atoms with Crippen LogP contribution in [0.25, 0.3) is 61.2 Å². The van der Waals surface area contributed by atoms with Gasteiger partial charge in [0.25, 0.3) is 0 Å². The summed E-state index contributed by atoms with van der Waals surface area (Å²) in [4.78, 5) is 2.44. The van der Waals surface area contributed by atoms with Crippen molar-refractivity contribution in [3.63, 3.8) is 0 Å². The number of hydrogen-bond donors (Lipinski definition) is 0. The van der Waals surface area contributed by atoms with Gasteiger partial charge in [-0.1, -0.05) is 205 Å². The smallest absolute Gasteiger partial charge is 0.0468 e. The van der Waals surface area contributed by atoms with Crippen LogP contribution in [0.2, 0.25) is 0 Å². The van der Waals surface area contributed by atoms with Gasteiger partial charge in [-0.05, 0) is 157 Å². The molecule has 1 fully saturated rings. The van der Waals surface area contributed by atoms with Gasteiger partial charge in [-0.3, -0.25) is 0 Å². The van der Waals surface area contributed by atoms with E-state index in [9.17, 15) is 0 Å². The minimum absolute atomic E-state index is 0.412. The molecule has 4 aliphatic carbocycles. The topological polar surface area (TPSA) is 3.24 Å². The largest absolute Gasteiger partial charge is 0.310 e. The summed E-state index contributed by atoms with van der Waals surface area (Å²) in [5.41, 5.74) is 26.1. The molecule has 13 rings (SSSR count). The monoisotopic (exact) mass is 843 g/mol. The van der Waals surface area contributed by atoms with Crippen molar-refractivity contribution in [3.8, 4) is 55.6 Å². The first-order valence-corrected chi connectivity index (χ1v) is 23.7. The molecule has 66 heavy (non-hydrogen) atoms. The van der Waals surface area contributed by atoms with Gasteiger partial charge in [-0.2, -0.15) is 0 Å². The predicted octanol–water partition coefficient (Wildman–Crippen LogP) is 17.5. The first kappa shape index (κ1) is 38.7. The summed E-state index contributed by atoms with van der Waals surface area (Å²) in [6, 6.07) is 81.6. The van der Waals surface area contributed by atoms with Gasteiger partial charge >= 0.3 is 0 Å². The van der Waals surface area contributed by atoms with Gasteiger partial charge in [0, 0.05) is 23.0 Å². The predicted molar refractivity (Wildman–Crippen MR) is 276 cm³/mol. The molecule has 9 aromatic rings. The molecule has 0 aliphatic heterocycles. The summed E-state index contributed by atoms with van der Waals surface area (Å²) in [7, 11) is 0. The van der Waals surface area contributed by atoms with Crippen molar-refractivity contribution < 1.29 is 0 Å². The molecule has 0 bridgehead atoms. The highest BCUT2D eigenvalue weighted by atomic mass is 15.1. The highest BCUT2D eigenvalue weighted by Gasteiger charge is 2.54. The van der Waals surface area contributed by atoms with Gasteiger partial charge in [0.05, 0.1) is 0 Å². The molecule has 1 nitrogen and oxygen atoms in total. The van der Waals surface area contributed by atoms with Crippen molar-refractivity contribution in [2.75, 3.05) is 4.90 Å². The number of fused-ring (bicyclic) bond motifs is 13. The van der Waals surface area contributed by atoms with Crippen molar-refractivity contribution in [2.45, 2.75) is 37.5 Å². The Hall–Kier alpha value is -7.74. The molecule has 0 saturated heterocycles. The fourth-order valence-corrected chi connectivity index (χ4v) is 12.0. The molecule has 314 valence electrons. The quantitative estimate of drug-likeness (QED) is 0.161. The molecule has 0 N–H and O–H groups in total. The lowest BCUT2D eigenvalue weighted by atomic mass is 9.77. The van der Waals surface area contributed by atoms with Crippen molar-refractivity contribution >= 4 is 22.6 Å². The number of anilines is 3. The lowest BCUT2D eigenvalue weighted by molar-refractivity contribution is 0.701. The van der Waals surface area contributed by atoms with Crippen LogP contribution in [0.4, 0.5) is 17.1 Å². The summed E-state index contributed by atoms with van der Waals surface area (Å²) in [6.07, 6.45) is 7.11. The van der Waals surface area contributed by atoms with Crippen molar-refractivity contribution in [1.29, 1.82) is 0 Å². The fraction of sp³-hybridized carbons (Fsp3) is 0.108. The molecule has 0 spiro atoms. The number of nitrogens with zero attached hydrogens (tertiary/aromatic N) is 1. The average molecular weight is 844 g/mol. The molecule has 0 aromatic heterocycles.